The van der Waals surface area contributed by atoms with Gasteiger partial charge in [-0.3, -0.25) is 14.3 Å². The molecule has 0 heterocycles. The first-order valence-corrected chi connectivity index (χ1v) is 13.7. The van der Waals surface area contributed by atoms with Crippen molar-refractivity contribution in [1.29, 1.82) is 0 Å². The van der Waals surface area contributed by atoms with Gasteiger partial charge in [0, 0.05) is 5.69 Å². The number of sulfonamides is 1. The predicted octanol–water partition coefficient (Wildman–Crippen LogP) is 4.47. The summed E-state index contributed by atoms with van der Waals surface area (Å²) in [4.78, 5) is 24.7. The van der Waals surface area contributed by atoms with Gasteiger partial charge in [0.25, 0.3) is 0 Å². The highest BCUT2D eigenvalue weighted by Gasteiger charge is 2.26. The van der Waals surface area contributed by atoms with Crippen LogP contribution in [0.3, 0.4) is 0 Å². The molecule has 0 spiro atoms. The van der Waals surface area contributed by atoms with Gasteiger partial charge in [-0.05, 0) is 94.2 Å². The van der Waals surface area contributed by atoms with Crippen molar-refractivity contribution in [1.82, 2.24) is 0 Å². The molecule has 35 heavy (non-hydrogen) atoms. The van der Waals surface area contributed by atoms with Crippen LogP contribution in [0.1, 0.15) is 61.8 Å². The number of benzene rings is 2. The van der Waals surface area contributed by atoms with Crippen LogP contribution in [0, 0.1) is 25.2 Å². The van der Waals surface area contributed by atoms with E-state index in [1.165, 1.54) is 11.1 Å². The van der Waals surface area contributed by atoms with Gasteiger partial charge in [0.05, 0.1) is 24.2 Å². The largest absolute Gasteiger partial charge is 0.465 e. The lowest BCUT2D eigenvalue weighted by atomic mass is 9.87. The van der Waals surface area contributed by atoms with Crippen molar-refractivity contribution in [2.45, 2.75) is 59.8 Å². The van der Waals surface area contributed by atoms with Crippen LogP contribution in [0.4, 0.5) is 5.69 Å². The topological polar surface area (TPSA) is 116 Å². The Morgan fingerprint density at radius 2 is 1.63 bits per heavy atom. The summed E-state index contributed by atoms with van der Waals surface area (Å²) in [6, 6.07) is 13.0. The zero-order valence-corrected chi connectivity index (χ0v) is 22.4. The van der Waals surface area contributed by atoms with Crippen LogP contribution in [0.5, 0.6) is 0 Å². The molecule has 192 valence electrons. The fourth-order valence-corrected chi connectivity index (χ4v) is 4.36. The highest BCUT2D eigenvalue weighted by Crippen LogP contribution is 2.27. The van der Waals surface area contributed by atoms with Crippen LogP contribution in [-0.4, -0.2) is 33.2 Å². The lowest BCUT2D eigenvalue weighted by Gasteiger charge is -2.23. The average Bonchev–Trinajstić information content (AvgIpc) is 2.73. The maximum Gasteiger partial charge on any atom is 0.311 e. The Labute approximate surface area is 209 Å². The van der Waals surface area contributed by atoms with Crippen molar-refractivity contribution in [3.63, 3.8) is 0 Å². The number of aryl methyl sites for hydroxylation is 2. The van der Waals surface area contributed by atoms with Gasteiger partial charge in [-0.2, -0.15) is 0 Å². The fraction of sp³-hybridized carbons (Fsp3) is 0.481. The van der Waals surface area contributed by atoms with Crippen molar-refractivity contribution in [3.05, 3.63) is 64.7 Å². The summed E-state index contributed by atoms with van der Waals surface area (Å²) >= 11 is 0. The van der Waals surface area contributed by atoms with Crippen LogP contribution in [-0.2, 0) is 30.8 Å². The van der Waals surface area contributed by atoms with Gasteiger partial charge in [-0.15, -0.1) is 0 Å². The monoisotopic (exact) mass is 502 g/mol. The third-order valence-corrected chi connectivity index (χ3v) is 6.59. The second kappa shape index (κ2) is 11.7. The molecule has 0 aliphatic rings. The zero-order chi connectivity index (χ0) is 26.4. The number of nitrogens with two attached hydrogens (primary N) is 1. The van der Waals surface area contributed by atoms with E-state index in [-0.39, 0.29) is 18.5 Å². The number of anilines is 1. The standard InChI is InChI=1S/C27H38N2O5S/c1-18-7-8-20(15-19(18)2)16-21(17-34-26(31)27(3,4)5)9-14-24(25(28)30)22-10-12-23(13-11-22)29-35(6,32)33/h7-8,10-13,15,21,24,29H,9,14,16-17H2,1-6H3,(H2,28,30). The number of amides is 1. The van der Waals surface area contributed by atoms with E-state index < -0.39 is 27.3 Å². The molecular formula is C27H38N2O5S. The Morgan fingerprint density at radius 3 is 2.14 bits per heavy atom. The van der Waals surface area contributed by atoms with Crippen LogP contribution < -0.4 is 10.5 Å². The summed E-state index contributed by atoms with van der Waals surface area (Å²) in [6.07, 6.45) is 2.90. The van der Waals surface area contributed by atoms with E-state index in [1.807, 2.05) is 20.8 Å². The molecule has 2 rings (SSSR count). The summed E-state index contributed by atoms with van der Waals surface area (Å²) in [5, 5.41) is 0. The lowest BCUT2D eigenvalue weighted by Crippen LogP contribution is -2.27. The van der Waals surface area contributed by atoms with Crippen LogP contribution in [0.25, 0.3) is 0 Å². The molecule has 2 aromatic carbocycles. The first kappa shape index (κ1) is 28.4. The molecule has 1 amide bonds. The molecule has 2 unspecified atom stereocenters. The third kappa shape index (κ3) is 9.36. The molecule has 2 atom stereocenters. The lowest BCUT2D eigenvalue weighted by molar-refractivity contribution is -0.154. The first-order chi connectivity index (χ1) is 16.2. The molecule has 7 nitrogen and oxygen atoms in total. The Hall–Kier alpha value is -2.87. The molecule has 0 saturated carbocycles. The minimum absolute atomic E-state index is 0.0106. The van der Waals surface area contributed by atoms with Crippen molar-refractivity contribution in [2.24, 2.45) is 17.1 Å². The highest BCUT2D eigenvalue weighted by molar-refractivity contribution is 7.92. The molecule has 2 aromatic rings. The Bertz CT molecular complexity index is 1140. The molecular weight excluding hydrogens is 464 g/mol. The average molecular weight is 503 g/mol. The Kier molecular flexibility index (Phi) is 9.49. The van der Waals surface area contributed by atoms with Gasteiger partial charge in [-0.1, -0.05) is 30.3 Å². The molecule has 0 fully saturated rings. The van der Waals surface area contributed by atoms with Crippen molar-refractivity contribution < 1.29 is 22.7 Å². The van der Waals surface area contributed by atoms with E-state index in [0.29, 0.717) is 30.5 Å². The maximum atomic E-state index is 12.4. The zero-order valence-electron chi connectivity index (χ0n) is 21.6. The predicted molar refractivity (Wildman–Crippen MR) is 140 cm³/mol. The molecule has 0 aliphatic carbocycles. The summed E-state index contributed by atoms with van der Waals surface area (Å²) < 4.78 is 30.9. The van der Waals surface area contributed by atoms with E-state index in [2.05, 4.69) is 36.8 Å². The van der Waals surface area contributed by atoms with E-state index in [9.17, 15) is 18.0 Å². The molecule has 0 radical (unpaired) electrons. The smallest absolute Gasteiger partial charge is 0.311 e. The normalized spacial score (nSPS) is 13.7. The van der Waals surface area contributed by atoms with Gasteiger partial charge in [-0.25, -0.2) is 8.42 Å². The number of ether oxygens (including phenoxy) is 1. The summed E-state index contributed by atoms with van der Waals surface area (Å²) in [6.45, 7) is 9.85. The van der Waals surface area contributed by atoms with Gasteiger partial charge in [0.15, 0.2) is 0 Å². The second-order valence-electron chi connectivity index (χ2n) is 10.4. The van der Waals surface area contributed by atoms with Gasteiger partial charge in [0.1, 0.15) is 0 Å². The summed E-state index contributed by atoms with van der Waals surface area (Å²) in [5.41, 5.74) is 9.83. The summed E-state index contributed by atoms with van der Waals surface area (Å²) in [5.74, 6) is -1.24. The minimum Gasteiger partial charge on any atom is -0.465 e. The fourth-order valence-electron chi connectivity index (χ4n) is 3.79. The third-order valence-electron chi connectivity index (χ3n) is 5.98. The number of carbonyl (C=O) groups is 2. The van der Waals surface area contributed by atoms with E-state index in [4.69, 9.17) is 10.5 Å². The Morgan fingerprint density at radius 1 is 1.00 bits per heavy atom. The van der Waals surface area contributed by atoms with Crippen molar-refractivity contribution >= 4 is 27.6 Å². The first-order valence-electron chi connectivity index (χ1n) is 11.8. The number of primary amides is 1. The maximum absolute atomic E-state index is 12.4. The van der Waals surface area contributed by atoms with E-state index in [1.54, 1.807) is 24.3 Å². The number of carbonyl (C=O) groups excluding carboxylic acids is 2. The number of rotatable bonds is 11. The van der Waals surface area contributed by atoms with E-state index in [0.717, 1.165) is 11.8 Å². The number of hydrogen-bond donors (Lipinski definition) is 2. The van der Waals surface area contributed by atoms with Crippen LogP contribution >= 0.6 is 0 Å². The van der Waals surface area contributed by atoms with Crippen molar-refractivity contribution in [3.8, 4) is 0 Å². The Balaban J connectivity index is 2.17. The highest BCUT2D eigenvalue weighted by atomic mass is 32.2. The van der Waals surface area contributed by atoms with Crippen LogP contribution in [0.15, 0.2) is 42.5 Å². The summed E-state index contributed by atoms with van der Waals surface area (Å²) in [7, 11) is -3.39. The molecule has 0 aromatic heterocycles. The van der Waals surface area contributed by atoms with Crippen LogP contribution in [0.2, 0.25) is 0 Å². The number of hydrogen-bond acceptors (Lipinski definition) is 5. The SMILES string of the molecule is Cc1ccc(CC(CCC(C(N)=O)c2ccc(NS(C)(=O)=O)cc2)COC(=O)C(C)(C)C)cc1C. The molecule has 3 N–H and O–H groups in total. The minimum atomic E-state index is -3.39. The van der Waals surface area contributed by atoms with Gasteiger partial charge >= 0.3 is 5.97 Å². The second-order valence-corrected chi connectivity index (χ2v) is 12.1. The molecule has 0 bridgehead atoms. The van der Waals surface area contributed by atoms with Gasteiger partial charge in [0.2, 0.25) is 15.9 Å². The quantitative estimate of drug-likeness (QED) is 0.440. The molecule has 0 aliphatic heterocycles. The molecule has 0 saturated heterocycles. The number of esters is 1. The van der Waals surface area contributed by atoms with Gasteiger partial charge < -0.3 is 10.5 Å². The number of nitrogens with one attached hydrogen (secondary N) is 1. The molecule has 8 heteroatoms. The van der Waals surface area contributed by atoms with E-state index >= 15 is 0 Å². The van der Waals surface area contributed by atoms with Crippen molar-refractivity contribution in [2.75, 3.05) is 17.6 Å².